The highest BCUT2D eigenvalue weighted by Gasteiger charge is 2.20. The van der Waals surface area contributed by atoms with Crippen molar-refractivity contribution in [3.05, 3.63) is 41.4 Å². The minimum absolute atomic E-state index is 0.0777. The summed E-state index contributed by atoms with van der Waals surface area (Å²) in [5.74, 6) is -1.72. The number of carboxylic acid groups (broad SMARTS) is 1. The molecule has 3 rings (SSSR count). The van der Waals surface area contributed by atoms with Gasteiger partial charge in [0.05, 0.1) is 6.61 Å². The van der Waals surface area contributed by atoms with Crippen LogP contribution < -0.4 is 11.1 Å². The molecule has 0 radical (unpaired) electrons. The summed E-state index contributed by atoms with van der Waals surface area (Å²) in [7, 11) is 0. The minimum Gasteiger partial charge on any atom is -0.480 e. The lowest BCUT2D eigenvalue weighted by atomic mass is 10.2. The topological polar surface area (TPSA) is 156 Å². The van der Waals surface area contributed by atoms with E-state index in [2.05, 4.69) is 20.3 Å². The molecule has 134 valence electrons. The summed E-state index contributed by atoms with van der Waals surface area (Å²) in [6, 6.07) is 5.13. The summed E-state index contributed by atoms with van der Waals surface area (Å²) in [5, 5.41) is 20.7. The lowest BCUT2D eigenvalue weighted by Gasteiger charge is -2.12. The van der Waals surface area contributed by atoms with Crippen molar-refractivity contribution in [2.75, 3.05) is 11.9 Å². The van der Waals surface area contributed by atoms with Gasteiger partial charge in [0.15, 0.2) is 17.0 Å². The molecular formula is C15H13ClN6O4. The maximum absolute atomic E-state index is 11.2. The Hall–Kier alpha value is -3.24. The maximum atomic E-state index is 11.2. The monoisotopic (exact) mass is 376 g/mol. The van der Waals surface area contributed by atoms with Crippen LogP contribution in [0.2, 0.25) is 5.28 Å². The van der Waals surface area contributed by atoms with Crippen molar-refractivity contribution in [1.82, 2.24) is 19.5 Å². The van der Waals surface area contributed by atoms with Gasteiger partial charge < -0.3 is 21.3 Å². The van der Waals surface area contributed by atoms with Crippen molar-refractivity contribution in [2.24, 2.45) is 5.73 Å². The summed E-state index contributed by atoms with van der Waals surface area (Å²) in [5.41, 5.74) is 6.80. The van der Waals surface area contributed by atoms with Crippen LogP contribution in [0.25, 0.3) is 16.9 Å². The van der Waals surface area contributed by atoms with Gasteiger partial charge in [0.2, 0.25) is 11.2 Å². The third-order valence-corrected chi connectivity index (χ3v) is 3.76. The number of hydrogen-bond acceptors (Lipinski definition) is 7. The molecule has 1 aromatic carbocycles. The molecular weight excluding hydrogens is 364 g/mol. The Morgan fingerprint density at radius 2 is 1.96 bits per heavy atom. The van der Waals surface area contributed by atoms with Gasteiger partial charge in [-0.05, 0) is 35.9 Å². The van der Waals surface area contributed by atoms with Crippen molar-refractivity contribution < 1.29 is 19.8 Å². The fraction of sp³-hybridized carbons (Fsp3) is 0.133. The molecule has 0 spiro atoms. The summed E-state index contributed by atoms with van der Waals surface area (Å²) in [6.07, 6.45) is 1.45. The molecule has 26 heavy (non-hydrogen) atoms. The summed E-state index contributed by atoms with van der Waals surface area (Å²) < 4.78 is 1.59. The molecule has 0 aliphatic carbocycles. The summed E-state index contributed by atoms with van der Waals surface area (Å²) in [6.45, 7) is -0.645. The number of carboxylic acids is 1. The Labute approximate surface area is 151 Å². The molecule has 5 N–H and O–H groups in total. The van der Waals surface area contributed by atoms with Crippen LogP contribution in [0.15, 0.2) is 30.6 Å². The smallest absolute Gasteiger partial charge is 0.328 e. The molecule has 0 bridgehead atoms. The second-order valence-electron chi connectivity index (χ2n) is 5.26. The number of nitrogens with one attached hydrogen (secondary N) is 1. The van der Waals surface area contributed by atoms with Gasteiger partial charge >= 0.3 is 5.97 Å². The Morgan fingerprint density at radius 1 is 1.27 bits per heavy atom. The van der Waals surface area contributed by atoms with Crippen LogP contribution in [0, 0.1) is 0 Å². The van der Waals surface area contributed by atoms with E-state index in [-0.39, 0.29) is 16.6 Å². The number of halogens is 1. The number of amides is 1. The van der Waals surface area contributed by atoms with E-state index in [4.69, 9.17) is 22.4 Å². The fourth-order valence-electron chi connectivity index (χ4n) is 2.30. The third kappa shape index (κ3) is 3.27. The van der Waals surface area contributed by atoms with Crippen LogP contribution in [0.4, 0.5) is 5.82 Å². The van der Waals surface area contributed by atoms with Crippen LogP contribution in [-0.4, -0.2) is 54.3 Å². The number of aliphatic hydroxyl groups excluding tert-OH is 1. The van der Waals surface area contributed by atoms with Gasteiger partial charge in [0, 0.05) is 11.3 Å². The van der Waals surface area contributed by atoms with Gasteiger partial charge in [-0.25, -0.2) is 9.78 Å². The molecule has 2 heterocycles. The van der Waals surface area contributed by atoms with Crippen LogP contribution in [-0.2, 0) is 4.79 Å². The van der Waals surface area contributed by atoms with Crippen molar-refractivity contribution >= 4 is 40.5 Å². The summed E-state index contributed by atoms with van der Waals surface area (Å²) in [4.78, 5) is 34.5. The second-order valence-corrected chi connectivity index (χ2v) is 5.59. The third-order valence-electron chi connectivity index (χ3n) is 3.59. The molecule has 2 aromatic heterocycles. The van der Waals surface area contributed by atoms with E-state index in [0.717, 1.165) is 0 Å². The molecule has 10 nitrogen and oxygen atoms in total. The number of nitrogens with two attached hydrogens (primary N) is 1. The summed E-state index contributed by atoms with van der Waals surface area (Å²) >= 11 is 5.94. The van der Waals surface area contributed by atoms with Gasteiger partial charge in [-0.15, -0.1) is 0 Å². The van der Waals surface area contributed by atoms with E-state index in [1.165, 1.54) is 6.33 Å². The highest BCUT2D eigenvalue weighted by molar-refractivity contribution is 6.28. The minimum atomic E-state index is -1.27. The van der Waals surface area contributed by atoms with Crippen molar-refractivity contribution in [1.29, 1.82) is 0 Å². The molecule has 0 saturated heterocycles. The molecule has 0 aliphatic heterocycles. The van der Waals surface area contributed by atoms with E-state index in [1.807, 2.05) is 0 Å². The van der Waals surface area contributed by atoms with Crippen molar-refractivity contribution in [2.45, 2.75) is 6.04 Å². The number of anilines is 1. The van der Waals surface area contributed by atoms with Crippen LogP contribution in [0.5, 0.6) is 0 Å². The number of aliphatic carboxylic acids is 1. The average molecular weight is 377 g/mol. The molecule has 11 heteroatoms. The Bertz CT molecular complexity index is 988. The number of fused-ring (bicyclic) bond motifs is 1. The first kappa shape index (κ1) is 17.6. The standard InChI is InChI=1S/C15H13ClN6O4/c16-15-20-12(19-9(5-23)14(25)26)10-13(21-15)22(6-18-10)8-3-1-7(2-4-8)11(17)24/h1-4,6,9,23H,5H2,(H2,17,24)(H,25,26)(H,19,20,21)/t9-/m0/s1. The molecule has 0 fully saturated rings. The number of primary amides is 1. The quantitative estimate of drug-likeness (QED) is 0.451. The normalized spacial score (nSPS) is 12.1. The number of rotatable bonds is 6. The molecule has 3 aromatic rings. The van der Waals surface area contributed by atoms with Gasteiger partial charge in [0.25, 0.3) is 0 Å². The van der Waals surface area contributed by atoms with Crippen molar-refractivity contribution in [3.8, 4) is 5.69 Å². The van der Waals surface area contributed by atoms with Crippen LogP contribution in [0.3, 0.4) is 0 Å². The van der Waals surface area contributed by atoms with Gasteiger partial charge in [-0.1, -0.05) is 0 Å². The van der Waals surface area contributed by atoms with Gasteiger partial charge in [-0.2, -0.15) is 9.97 Å². The lowest BCUT2D eigenvalue weighted by molar-refractivity contribution is -0.138. The van der Waals surface area contributed by atoms with Crippen LogP contribution in [0.1, 0.15) is 10.4 Å². The Kier molecular flexibility index (Phi) is 4.69. The zero-order valence-corrected chi connectivity index (χ0v) is 13.9. The molecule has 0 unspecified atom stereocenters. The Morgan fingerprint density at radius 3 is 2.54 bits per heavy atom. The largest absolute Gasteiger partial charge is 0.480 e. The number of aromatic nitrogens is 4. The average Bonchev–Trinajstić information content (AvgIpc) is 3.03. The molecule has 0 aliphatic rings. The fourth-order valence-corrected chi connectivity index (χ4v) is 2.46. The van der Waals surface area contributed by atoms with E-state index in [9.17, 15) is 14.7 Å². The number of nitrogens with zero attached hydrogens (tertiary/aromatic N) is 4. The first-order valence-corrected chi connectivity index (χ1v) is 7.69. The number of aliphatic hydroxyl groups is 1. The van der Waals surface area contributed by atoms with E-state index >= 15 is 0 Å². The molecule has 1 atom stereocenters. The molecule has 0 saturated carbocycles. The van der Waals surface area contributed by atoms with E-state index in [1.54, 1.807) is 28.8 Å². The number of imidazole rings is 1. The number of hydrogen-bond donors (Lipinski definition) is 4. The number of carbonyl (C=O) groups excluding carboxylic acids is 1. The predicted molar refractivity (Wildman–Crippen MR) is 92.3 cm³/mol. The van der Waals surface area contributed by atoms with E-state index < -0.39 is 24.5 Å². The predicted octanol–water partition coefficient (Wildman–Crippen LogP) is 0.425. The first-order chi connectivity index (χ1) is 12.4. The van der Waals surface area contributed by atoms with E-state index in [0.29, 0.717) is 16.9 Å². The second kappa shape index (κ2) is 6.94. The number of benzene rings is 1. The lowest BCUT2D eigenvalue weighted by Crippen LogP contribution is -2.33. The SMILES string of the molecule is NC(=O)c1ccc(-n2cnc3c(N[C@@H](CO)C(=O)O)nc(Cl)nc32)cc1. The van der Waals surface area contributed by atoms with Gasteiger partial charge in [0.1, 0.15) is 12.4 Å². The zero-order chi connectivity index (χ0) is 18.8. The number of carbonyl (C=O) groups is 2. The Balaban J connectivity index is 2.07. The first-order valence-electron chi connectivity index (χ1n) is 7.31. The van der Waals surface area contributed by atoms with Crippen molar-refractivity contribution in [3.63, 3.8) is 0 Å². The zero-order valence-electron chi connectivity index (χ0n) is 13.1. The van der Waals surface area contributed by atoms with Gasteiger partial charge in [-0.3, -0.25) is 9.36 Å². The highest BCUT2D eigenvalue weighted by Crippen LogP contribution is 2.24. The van der Waals surface area contributed by atoms with Crippen LogP contribution >= 0.6 is 11.6 Å². The molecule has 1 amide bonds. The highest BCUT2D eigenvalue weighted by atomic mass is 35.5. The maximum Gasteiger partial charge on any atom is 0.328 e.